The number of aliphatic carboxylic acids is 1. The summed E-state index contributed by atoms with van der Waals surface area (Å²) in [6.45, 7) is 13.9. The van der Waals surface area contributed by atoms with Crippen molar-refractivity contribution in [3.05, 3.63) is 46.7 Å². The van der Waals surface area contributed by atoms with E-state index in [1.807, 2.05) is 38.1 Å². The molecule has 2 N–H and O–H groups in total. The summed E-state index contributed by atoms with van der Waals surface area (Å²) in [5.74, 6) is -0.731. The Morgan fingerprint density at radius 2 is 1.82 bits per heavy atom. The first-order valence-corrected chi connectivity index (χ1v) is 12.8. The number of halogens is 1. The van der Waals surface area contributed by atoms with Gasteiger partial charge in [0.05, 0.1) is 33.0 Å². The normalized spacial score (nSPS) is 12.5. The minimum atomic E-state index is -0.877. The fourth-order valence-corrected chi connectivity index (χ4v) is 5.26. The predicted molar refractivity (Wildman–Crippen MR) is 141 cm³/mol. The van der Waals surface area contributed by atoms with Crippen LogP contribution < -0.4 is 10.2 Å². The van der Waals surface area contributed by atoms with Crippen LogP contribution in [0.5, 0.6) is 0 Å². The molecule has 1 aromatic heterocycles. The molecule has 184 valence electrons. The second kappa shape index (κ2) is 11.2. The fourth-order valence-electron chi connectivity index (χ4n) is 4.39. The number of hydrogen-bond acceptors (Lipinski definition) is 5. The number of nitrogens with one attached hydrogen (secondary N) is 1. The Morgan fingerprint density at radius 1 is 1.15 bits per heavy atom. The maximum Gasteiger partial charge on any atom is 0.303 e. The lowest BCUT2D eigenvalue weighted by atomic mass is 9.92. The second-order valence-electron chi connectivity index (χ2n) is 9.83. The maximum atomic E-state index is 15.8. The number of carbonyl (C=O) groups is 1. The van der Waals surface area contributed by atoms with Crippen molar-refractivity contribution in [2.45, 2.75) is 60.3 Å². The van der Waals surface area contributed by atoms with Crippen LogP contribution in [0.15, 0.2) is 30.3 Å². The maximum absolute atomic E-state index is 15.8. The van der Waals surface area contributed by atoms with E-state index in [1.54, 1.807) is 11.3 Å². The zero-order valence-corrected chi connectivity index (χ0v) is 21.8. The molecule has 5 nitrogen and oxygen atoms in total. The summed E-state index contributed by atoms with van der Waals surface area (Å²) in [7, 11) is 0. The third-order valence-corrected chi connectivity index (χ3v) is 6.67. The number of aryl methyl sites for hydroxylation is 1. The molecule has 0 bridgehead atoms. The zero-order chi connectivity index (χ0) is 25.0. The predicted octanol–water partition coefficient (Wildman–Crippen LogP) is 7.57. The summed E-state index contributed by atoms with van der Waals surface area (Å²) in [6, 6.07) is 9.43. The number of fused-ring (bicyclic) bond motifs is 1. The van der Waals surface area contributed by atoms with Crippen molar-refractivity contribution in [3.63, 3.8) is 0 Å². The van der Waals surface area contributed by atoms with Crippen LogP contribution in [-0.4, -0.2) is 29.1 Å². The van der Waals surface area contributed by atoms with Gasteiger partial charge in [-0.25, -0.2) is 9.37 Å². The van der Waals surface area contributed by atoms with Gasteiger partial charge in [-0.15, -0.1) is 11.3 Å². The Hall–Kier alpha value is -2.67. The van der Waals surface area contributed by atoms with Crippen LogP contribution in [0.1, 0.15) is 63.9 Å². The Bertz CT molecular complexity index is 1130. The highest BCUT2D eigenvalue weighted by atomic mass is 32.1. The molecule has 0 radical (unpaired) electrons. The summed E-state index contributed by atoms with van der Waals surface area (Å²) in [4.78, 5) is 18.1. The molecule has 7 heteroatoms. The number of carboxylic acids is 1. The van der Waals surface area contributed by atoms with E-state index in [-0.39, 0.29) is 18.2 Å². The molecule has 0 saturated heterocycles. The summed E-state index contributed by atoms with van der Waals surface area (Å²) in [5.41, 5.74) is 3.71. The van der Waals surface area contributed by atoms with Crippen molar-refractivity contribution in [2.24, 2.45) is 11.8 Å². The van der Waals surface area contributed by atoms with Crippen molar-refractivity contribution in [3.8, 4) is 0 Å². The Kier molecular flexibility index (Phi) is 8.52. The summed E-state index contributed by atoms with van der Waals surface area (Å²) >= 11 is 1.62. The molecule has 1 heterocycles. The van der Waals surface area contributed by atoms with E-state index in [0.29, 0.717) is 35.2 Å². The van der Waals surface area contributed by atoms with Crippen molar-refractivity contribution in [2.75, 3.05) is 23.3 Å². The number of rotatable bonds is 11. The fraction of sp³-hybridized carbons (Fsp3) is 0.481. The Labute approximate surface area is 206 Å². The van der Waals surface area contributed by atoms with Gasteiger partial charge in [0.2, 0.25) is 0 Å². The van der Waals surface area contributed by atoms with Gasteiger partial charge in [-0.2, -0.15) is 0 Å². The molecular weight excluding hydrogens is 449 g/mol. The Balaban J connectivity index is 2.12. The number of nitrogens with zero attached hydrogens (tertiary/aromatic N) is 2. The van der Waals surface area contributed by atoms with Crippen molar-refractivity contribution in [1.29, 1.82) is 0 Å². The molecule has 0 spiro atoms. The minimum Gasteiger partial charge on any atom is -0.481 e. The van der Waals surface area contributed by atoms with Gasteiger partial charge >= 0.3 is 5.97 Å². The third kappa shape index (κ3) is 6.47. The molecular formula is C27H36FN3O2S. The van der Waals surface area contributed by atoms with Gasteiger partial charge in [-0.3, -0.25) is 4.79 Å². The smallest absolute Gasteiger partial charge is 0.303 e. The van der Waals surface area contributed by atoms with Gasteiger partial charge in [0.25, 0.3) is 0 Å². The average molecular weight is 486 g/mol. The van der Waals surface area contributed by atoms with Crippen LogP contribution in [0.2, 0.25) is 0 Å². The monoisotopic (exact) mass is 485 g/mol. The second-order valence-corrected chi connectivity index (χ2v) is 11.1. The van der Waals surface area contributed by atoms with Gasteiger partial charge in [0.1, 0.15) is 5.82 Å². The highest BCUT2D eigenvalue weighted by Crippen LogP contribution is 2.38. The molecule has 3 rings (SSSR count). The lowest BCUT2D eigenvalue weighted by molar-refractivity contribution is -0.137. The van der Waals surface area contributed by atoms with Crippen LogP contribution in [-0.2, 0) is 4.79 Å². The van der Waals surface area contributed by atoms with Crippen molar-refractivity contribution < 1.29 is 14.3 Å². The van der Waals surface area contributed by atoms with Gasteiger partial charge in [0, 0.05) is 18.8 Å². The molecule has 1 unspecified atom stereocenters. The quantitative estimate of drug-likeness (QED) is 0.293. The molecule has 0 aliphatic carbocycles. The number of carboxylic acid groups (broad SMARTS) is 1. The Morgan fingerprint density at radius 3 is 2.41 bits per heavy atom. The molecule has 0 saturated carbocycles. The van der Waals surface area contributed by atoms with Crippen molar-refractivity contribution in [1.82, 2.24) is 4.98 Å². The number of aromatic nitrogens is 1. The van der Waals surface area contributed by atoms with E-state index in [2.05, 4.69) is 42.9 Å². The largest absolute Gasteiger partial charge is 0.481 e. The van der Waals surface area contributed by atoms with Crippen LogP contribution in [0.25, 0.3) is 10.2 Å². The first-order valence-electron chi connectivity index (χ1n) is 12.0. The standard InChI is InChI=1S/C27H36FN3O2S/c1-7-19(12-26(32)33)20-10-22(28)27(31(14-16(2)3)15-17(4)5)24(11-20)30-21-8-9-23-25(13-21)34-18(6)29-23/h8-11,13,16-17,19,30H,7,12,14-15H2,1-6H3,(H,32,33). The highest BCUT2D eigenvalue weighted by molar-refractivity contribution is 7.18. The first-order chi connectivity index (χ1) is 16.1. The zero-order valence-electron chi connectivity index (χ0n) is 21.0. The van der Waals surface area contributed by atoms with E-state index in [4.69, 9.17) is 0 Å². The summed E-state index contributed by atoms with van der Waals surface area (Å²) < 4.78 is 16.9. The first kappa shape index (κ1) is 25.9. The molecule has 0 aliphatic rings. The number of anilines is 3. The third-order valence-electron chi connectivity index (χ3n) is 5.73. The molecule has 1 atom stereocenters. The SMILES string of the molecule is CCC(CC(=O)O)c1cc(F)c(N(CC(C)C)CC(C)C)c(Nc2ccc3nc(C)sc3c2)c1. The van der Waals surface area contributed by atoms with Gasteiger partial charge in [-0.05, 0) is 67.0 Å². The van der Waals surface area contributed by atoms with E-state index in [1.165, 1.54) is 6.07 Å². The lowest BCUT2D eigenvalue weighted by Crippen LogP contribution is -2.32. The summed E-state index contributed by atoms with van der Waals surface area (Å²) in [5, 5.41) is 13.8. The topological polar surface area (TPSA) is 65.5 Å². The van der Waals surface area contributed by atoms with E-state index < -0.39 is 5.97 Å². The van der Waals surface area contributed by atoms with Crippen LogP contribution >= 0.6 is 11.3 Å². The molecule has 0 fully saturated rings. The summed E-state index contributed by atoms with van der Waals surface area (Å²) in [6.07, 6.45) is 0.598. The lowest BCUT2D eigenvalue weighted by Gasteiger charge is -2.31. The number of hydrogen-bond donors (Lipinski definition) is 2. The average Bonchev–Trinajstić information content (AvgIpc) is 3.09. The van der Waals surface area contributed by atoms with Crippen LogP contribution in [0.3, 0.4) is 0 Å². The van der Waals surface area contributed by atoms with Gasteiger partial charge in [-0.1, -0.05) is 34.6 Å². The molecule has 0 amide bonds. The minimum absolute atomic E-state index is 0.0253. The highest BCUT2D eigenvalue weighted by Gasteiger charge is 2.23. The molecule has 3 aromatic rings. The van der Waals surface area contributed by atoms with Gasteiger partial charge < -0.3 is 15.3 Å². The van der Waals surface area contributed by atoms with Crippen LogP contribution in [0, 0.1) is 24.6 Å². The molecule has 34 heavy (non-hydrogen) atoms. The van der Waals surface area contributed by atoms with Crippen LogP contribution in [0.4, 0.5) is 21.5 Å². The van der Waals surface area contributed by atoms with E-state index in [9.17, 15) is 9.90 Å². The van der Waals surface area contributed by atoms with Gasteiger partial charge in [0.15, 0.2) is 0 Å². The van der Waals surface area contributed by atoms with Crippen molar-refractivity contribution >= 4 is 44.6 Å². The van der Waals surface area contributed by atoms with E-state index >= 15 is 4.39 Å². The van der Waals surface area contributed by atoms with E-state index in [0.717, 1.165) is 34.0 Å². The number of thiazole rings is 1. The molecule has 0 aliphatic heterocycles. The molecule has 2 aromatic carbocycles. The number of benzene rings is 2.